The highest BCUT2D eigenvalue weighted by molar-refractivity contribution is 4.78. The first kappa shape index (κ1) is 11.4. The van der Waals surface area contributed by atoms with E-state index in [2.05, 4.69) is 17.1 Å². The molecule has 2 heterocycles. The van der Waals surface area contributed by atoms with Crippen LogP contribution in [0, 0.1) is 11.8 Å². The van der Waals surface area contributed by atoms with Crippen molar-refractivity contribution in [2.45, 2.75) is 39.0 Å². The average Bonchev–Trinajstić information content (AvgIpc) is 2.19. The lowest BCUT2D eigenvalue weighted by Gasteiger charge is -2.34. The van der Waals surface area contributed by atoms with Gasteiger partial charge >= 0.3 is 0 Å². The van der Waals surface area contributed by atoms with Gasteiger partial charge in [0.25, 0.3) is 0 Å². The topological polar surface area (TPSA) is 15.3 Å². The van der Waals surface area contributed by atoms with Gasteiger partial charge in [-0.25, -0.2) is 0 Å². The summed E-state index contributed by atoms with van der Waals surface area (Å²) < 4.78 is 0. The van der Waals surface area contributed by atoms with Crippen LogP contribution in [0.1, 0.15) is 39.0 Å². The second-order valence-corrected chi connectivity index (χ2v) is 5.39. The van der Waals surface area contributed by atoms with Crippen LogP contribution in [-0.2, 0) is 0 Å². The average molecular weight is 210 g/mol. The second kappa shape index (κ2) is 5.86. The summed E-state index contributed by atoms with van der Waals surface area (Å²) in [4.78, 5) is 2.68. The number of hydrogen-bond donors (Lipinski definition) is 1. The highest BCUT2D eigenvalue weighted by atomic mass is 15.1. The van der Waals surface area contributed by atoms with E-state index in [1.54, 1.807) is 0 Å². The summed E-state index contributed by atoms with van der Waals surface area (Å²) in [6.07, 6.45) is 7.16. The molecule has 2 heteroatoms. The largest absolute Gasteiger partial charge is 0.316 e. The van der Waals surface area contributed by atoms with Crippen molar-refractivity contribution in [1.82, 2.24) is 10.2 Å². The normalized spacial score (nSPS) is 25.4. The predicted molar refractivity (Wildman–Crippen MR) is 65.0 cm³/mol. The summed E-state index contributed by atoms with van der Waals surface area (Å²) in [6.45, 7) is 8.94. The highest BCUT2D eigenvalue weighted by Crippen LogP contribution is 2.22. The molecule has 0 bridgehead atoms. The number of nitrogens with zero attached hydrogens (tertiary/aromatic N) is 1. The van der Waals surface area contributed by atoms with Gasteiger partial charge in [-0.05, 0) is 63.8 Å². The highest BCUT2D eigenvalue weighted by Gasteiger charge is 2.21. The molecular weight excluding hydrogens is 184 g/mol. The monoisotopic (exact) mass is 210 g/mol. The van der Waals surface area contributed by atoms with E-state index in [9.17, 15) is 0 Å². The Bertz CT molecular complexity index is 169. The maximum atomic E-state index is 3.35. The van der Waals surface area contributed by atoms with Gasteiger partial charge in [-0.1, -0.05) is 19.8 Å². The van der Waals surface area contributed by atoms with Crippen molar-refractivity contribution in [3.05, 3.63) is 0 Å². The maximum absolute atomic E-state index is 3.35. The van der Waals surface area contributed by atoms with Gasteiger partial charge < -0.3 is 10.2 Å². The zero-order chi connectivity index (χ0) is 10.5. The van der Waals surface area contributed by atoms with Crippen LogP contribution in [0.25, 0.3) is 0 Å². The van der Waals surface area contributed by atoms with Crippen LogP contribution in [0.3, 0.4) is 0 Å². The lowest BCUT2D eigenvalue weighted by Crippen LogP contribution is -2.44. The van der Waals surface area contributed by atoms with E-state index in [1.807, 2.05) is 0 Å². The molecule has 0 radical (unpaired) electrons. The van der Waals surface area contributed by atoms with Gasteiger partial charge in [0.2, 0.25) is 0 Å². The van der Waals surface area contributed by atoms with Gasteiger partial charge in [0.05, 0.1) is 0 Å². The Hall–Kier alpha value is -0.0800. The molecule has 2 fully saturated rings. The predicted octanol–water partition coefficient (Wildman–Crippen LogP) is 2.11. The molecule has 2 nitrogen and oxygen atoms in total. The quantitative estimate of drug-likeness (QED) is 0.747. The molecule has 0 aromatic carbocycles. The Kier molecular flexibility index (Phi) is 4.45. The van der Waals surface area contributed by atoms with Crippen LogP contribution in [0.15, 0.2) is 0 Å². The van der Waals surface area contributed by atoms with Crippen molar-refractivity contribution in [2.24, 2.45) is 11.8 Å². The summed E-state index contributed by atoms with van der Waals surface area (Å²) in [7, 11) is 0. The number of piperidine rings is 1. The van der Waals surface area contributed by atoms with Crippen LogP contribution < -0.4 is 5.32 Å². The Morgan fingerprint density at radius 2 is 1.80 bits per heavy atom. The molecule has 0 spiro atoms. The number of likely N-dealkylation sites (tertiary alicyclic amines) is 1. The maximum Gasteiger partial charge on any atom is -0.000778 e. The Morgan fingerprint density at radius 3 is 2.33 bits per heavy atom. The molecule has 0 aromatic heterocycles. The fourth-order valence-corrected chi connectivity index (χ4v) is 2.82. The van der Waals surface area contributed by atoms with Gasteiger partial charge in [-0.3, -0.25) is 0 Å². The first-order chi connectivity index (χ1) is 7.38. The third-order valence-corrected chi connectivity index (χ3v) is 4.12. The summed E-state index contributed by atoms with van der Waals surface area (Å²) in [5.74, 6) is 2.02. The van der Waals surface area contributed by atoms with E-state index in [4.69, 9.17) is 0 Å². The van der Waals surface area contributed by atoms with Crippen molar-refractivity contribution in [1.29, 1.82) is 0 Å². The summed E-state index contributed by atoms with van der Waals surface area (Å²) >= 11 is 0. The van der Waals surface area contributed by atoms with Gasteiger partial charge in [0, 0.05) is 0 Å². The van der Waals surface area contributed by atoms with Crippen LogP contribution in [0.5, 0.6) is 0 Å². The molecule has 0 amide bonds. The van der Waals surface area contributed by atoms with E-state index in [0.717, 1.165) is 11.8 Å². The fraction of sp³-hybridized carbons (Fsp3) is 1.00. The van der Waals surface area contributed by atoms with Crippen LogP contribution in [0.4, 0.5) is 0 Å². The summed E-state index contributed by atoms with van der Waals surface area (Å²) in [6, 6.07) is 0. The molecule has 0 saturated carbocycles. The van der Waals surface area contributed by atoms with Crippen LogP contribution in [0.2, 0.25) is 0 Å². The minimum Gasteiger partial charge on any atom is -0.316 e. The molecule has 1 N–H and O–H groups in total. The zero-order valence-electron chi connectivity index (χ0n) is 10.2. The molecule has 88 valence electrons. The van der Waals surface area contributed by atoms with Gasteiger partial charge in [0.15, 0.2) is 0 Å². The van der Waals surface area contributed by atoms with Gasteiger partial charge in [-0.15, -0.1) is 0 Å². The van der Waals surface area contributed by atoms with Crippen molar-refractivity contribution in [3.8, 4) is 0 Å². The Labute approximate surface area is 94.4 Å². The first-order valence-electron chi connectivity index (χ1n) is 6.81. The van der Waals surface area contributed by atoms with E-state index >= 15 is 0 Å². The molecule has 0 atom stereocenters. The molecule has 15 heavy (non-hydrogen) atoms. The SMILES string of the molecule is CCCC1CCN(CCC2CNC2)CC1. The minimum absolute atomic E-state index is 0.985. The third kappa shape index (κ3) is 3.46. The standard InChI is InChI=1S/C13H26N2/c1-2-3-12-4-7-15(8-5-12)9-6-13-10-14-11-13/h12-14H,2-11H2,1H3. The van der Waals surface area contributed by atoms with Crippen LogP contribution >= 0.6 is 0 Å². The summed E-state index contributed by atoms with van der Waals surface area (Å²) in [5, 5.41) is 3.35. The Balaban J connectivity index is 1.56. The van der Waals surface area contributed by atoms with E-state index in [-0.39, 0.29) is 0 Å². The van der Waals surface area contributed by atoms with Crippen molar-refractivity contribution < 1.29 is 0 Å². The second-order valence-electron chi connectivity index (χ2n) is 5.39. The lowest BCUT2D eigenvalue weighted by molar-refractivity contribution is 0.160. The van der Waals surface area contributed by atoms with E-state index in [0.29, 0.717) is 0 Å². The number of hydrogen-bond acceptors (Lipinski definition) is 2. The molecule has 0 aromatic rings. The number of rotatable bonds is 5. The van der Waals surface area contributed by atoms with E-state index in [1.165, 1.54) is 64.8 Å². The molecule has 2 aliphatic rings. The molecule has 0 aliphatic carbocycles. The molecule has 2 rings (SSSR count). The van der Waals surface area contributed by atoms with Crippen molar-refractivity contribution in [3.63, 3.8) is 0 Å². The molecule has 0 unspecified atom stereocenters. The minimum atomic E-state index is 0.985. The smallest absolute Gasteiger partial charge is 0.000778 e. The van der Waals surface area contributed by atoms with Crippen molar-refractivity contribution >= 4 is 0 Å². The lowest BCUT2D eigenvalue weighted by atomic mass is 9.92. The van der Waals surface area contributed by atoms with Crippen molar-refractivity contribution in [2.75, 3.05) is 32.7 Å². The number of nitrogens with one attached hydrogen (secondary N) is 1. The molecule has 2 saturated heterocycles. The molecule has 2 aliphatic heterocycles. The Morgan fingerprint density at radius 1 is 1.07 bits per heavy atom. The van der Waals surface area contributed by atoms with E-state index < -0.39 is 0 Å². The first-order valence-corrected chi connectivity index (χ1v) is 6.81. The fourth-order valence-electron chi connectivity index (χ4n) is 2.82. The van der Waals surface area contributed by atoms with Crippen LogP contribution in [-0.4, -0.2) is 37.6 Å². The van der Waals surface area contributed by atoms with Gasteiger partial charge in [-0.2, -0.15) is 0 Å². The van der Waals surface area contributed by atoms with Gasteiger partial charge in [0.1, 0.15) is 0 Å². The zero-order valence-corrected chi connectivity index (χ0v) is 10.2. The third-order valence-electron chi connectivity index (χ3n) is 4.12. The molecular formula is C13H26N2. The summed E-state index contributed by atoms with van der Waals surface area (Å²) in [5.41, 5.74) is 0.